The standard InChI is InChI=1S/C15H20N2O2/c18-14(13-10-15(13)6-8-16-9-7-15)17-19-11-12-4-2-1-3-5-12/h1-5,13,16H,6-11H2,(H,17,18). The molecule has 2 aliphatic rings. The molecule has 4 nitrogen and oxygen atoms in total. The van der Waals surface area contributed by atoms with Gasteiger partial charge in [0.2, 0.25) is 5.91 Å². The highest BCUT2D eigenvalue weighted by molar-refractivity contribution is 5.81. The zero-order chi connectivity index (χ0) is 13.1. The molecule has 1 saturated carbocycles. The van der Waals surface area contributed by atoms with Crippen molar-refractivity contribution < 1.29 is 9.63 Å². The van der Waals surface area contributed by atoms with Gasteiger partial charge < -0.3 is 5.32 Å². The van der Waals surface area contributed by atoms with Gasteiger partial charge in [-0.1, -0.05) is 30.3 Å². The monoisotopic (exact) mass is 260 g/mol. The lowest BCUT2D eigenvalue weighted by molar-refractivity contribution is -0.137. The van der Waals surface area contributed by atoms with Gasteiger partial charge in [-0.3, -0.25) is 9.63 Å². The van der Waals surface area contributed by atoms with Gasteiger partial charge in [0.25, 0.3) is 0 Å². The summed E-state index contributed by atoms with van der Waals surface area (Å²) >= 11 is 0. The summed E-state index contributed by atoms with van der Waals surface area (Å²) in [6.07, 6.45) is 3.25. The van der Waals surface area contributed by atoms with Crippen LogP contribution in [0.2, 0.25) is 0 Å². The Morgan fingerprint density at radius 2 is 2.05 bits per heavy atom. The summed E-state index contributed by atoms with van der Waals surface area (Å²) < 4.78 is 0. The maximum atomic E-state index is 12.0. The van der Waals surface area contributed by atoms with Crippen LogP contribution in [0.4, 0.5) is 0 Å². The summed E-state index contributed by atoms with van der Waals surface area (Å²) in [5.41, 5.74) is 3.94. The number of nitrogens with one attached hydrogen (secondary N) is 2. The van der Waals surface area contributed by atoms with E-state index < -0.39 is 0 Å². The minimum atomic E-state index is 0.0535. The van der Waals surface area contributed by atoms with Gasteiger partial charge in [-0.15, -0.1) is 0 Å². The number of carbonyl (C=O) groups is 1. The highest BCUT2D eigenvalue weighted by Gasteiger charge is 2.57. The second-order valence-electron chi connectivity index (χ2n) is 5.61. The third kappa shape index (κ3) is 2.80. The first-order valence-electron chi connectivity index (χ1n) is 6.96. The Labute approximate surface area is 113 Å². The molecule has 1 atom stereocenters. The minimum Gasteiger partial charge on any atom is -0.317 e. The van der Waals surface area contributed by atoms with Crippen LogP contribution in [0.1, 0.15) is 24.8 Å². The zero-order valence-electron chi connectivity index (χ0n) is 11.0. The van der Waals surface area contributed by atoms with Crippen LogP contribution in [0, 0.1) is 11.3 Å². The van der Waals surface area contributed by atoms with Crippen LogP contribution in [-0.4, -0.2) is 19.0 Å². The van der Waals surface area contributed by atoms with Gasteiger partial charge in [-0.2, -0.15) is 0 Å². The first-order valence-corrected chi connectivity index (χ1v) is 6.96. The molecule has 1 heterocycles. The highest BCUT2D eigenvalue weighted by atomic mass is 16.6. The van der Waals surface area contributed by atoms with Crippen molar-refractivity contribution in [2.75, 3.05) is 13.1 Å². The lowest BCUT2D eigenvalue weighted by atomic mass is 9.92. The summed E-state index contributed by atoms with van der Waals surface area (Å²) in [7, 11) is 0. The van der Waals surface area contributed by atoms with Crippen LogP contribution in [0.15, 0.2) is 30.3 Å². The molecule has 1 spiro atoms. The molecule has 1 aromatic carbocycles. The van der Waals surface area contributed by atoms with Crippen LogP contribution in [0.3, 0.4) is 0 Å². The second-order valence-corrected chi connectivity index (χ2v) is 5.61. The number of piperidine rings is 1. The molecule has 2 N–H and O–H groups in total. The van der Waals surface area contributed by atoms with Crippen molar-refractivity contribution in [3.05, 3.63) is 35.9 Å². The molecule has 0 aromatic heterocycles. The van der Waals surface area contributed by atoms with Crippen LogP contribution >= 0.6 is 0 Å². The molecule has 0 radical (unpaired) electrons. The topological polar surface area (TPSA) is 50.4 Å². The van der Waals surface area contributed by atoms with Gasteiger partial charge in [-0.05, 0) is 43.3 Å². The highest BCUT2D eigenvalue weighted by Crippen LogP contribution is 2.58. The first kappa shape index (κ1) is 12.6. The predicted octanol–water partition coefficient (Wildman–Crippen LogP) is 1.62. The number of benzene rings is 1. The van der Waals surface area contributed by atoms with E-state index in [-0.39, 0.29) is 17.2 Å². The molecule has 1 amide bonds. The molecule has 1 aliphatic carbocycles. The normalized spacial score (nSPS) is 24.1. The van der Waals surface area contributed by atoms with Crippen molar-refractivity contribution in [2.45, 2.75) is 25.9 Å². The lowest BCUT2D eigenvalue weighted by Gasteiger charge is -2.23. The average molecular weight is 260 g/mol. The maximum absolute atomic E-state index is 12.0. The van der Waals surface area contributed by atoms with Gasteiger partial charge in [-0.25, -0.2) is 5.48 Å². The van der Waals surface area contributed by atoms with Crippen molar-refractivity contribution in [2.24, 2.45) is 11.3 Å². The summed E-state index contributed by atoms with van der Waals surface area (Å²) in [6.45, 7) is 2.50. The van der Waals surface area contributed by atoms with Crippen molar-refractivity contribution in [3.8, 4) is 0 Å². The fraction of sp³-hybridized carbons (Fsp3) is 0.533. The Morgan fingerprint density at radius 1 is 1.32 bits per heavy atom. The molecule has 2 fully saturated rings. The molecule has 1 saturated heterocycles. The van der Waals surface area contributed by atoms with E-state index >= 15 is 0 Å². The molecular weight excluding hydrogens is 240 g/mol. The first-order chi connectivity index (χ1) is 9.30. The summed E-state index contributed by atoms with van der Waals surface area (Å²) in [5.74, 6) is 0.211. The third-order valence-electron chi connectivity index (χ3n) is 4.36. The summed E-state index contributed by atoms with van der Waals surface area (Å²) in [5, 5.41) is 3.34. The molecule has 0 bridgehead atoms. The largest absolute Gasteiger partial charge is 0.317 e. The fourth-order valence-electron chi connectivity index (χ4n) is 3.03. The Kier molecular flexibility index (Phi) is 3.53. The van der Waals surface area contributed by atoms with E-state index in [1.54, 1.807) is 0 Å². The molecule has 1 aromatic rings. The molecule has 4 heteroatoms. The average Bonchev–Trinajstić information content (AvgIpc) is 3.14. The molecule has 1 aliphatic heterocycles. The van der Waals surface area contributed by atoms with E-state index in [0.717, 1.165) is 37.9 Å². The van der Waals surface area contributed by atoms with Gasteiger partial charge >= 0.3 is 0 Å². The molecular formula is C15H20N2O2. The maximum Gasteiger partial charge on any atom is 0.247 e. The van der Waals surface area contributed by atoms with E-state index in [1.807, 2.05) is 30.3 Å². The third-order valence-corrected chi connectivity index (χ3v) is 4.36. The Bertz CT molecular complexity index is 441. The van der Waals surface area contributed by atoms with Crippen LogP contribution in [0.5, 0.6) is 0 Å². The number of carbonyl (C=O) groups excluding carboxylic acids is 1. The van der Waals surface area contributed by atoms with Crippen molar-refractivity contribution in [3.63, 3.8) is 0 Å². The van der Waals surface area contributed by atoms with E-state index in [0.29, 0.717) is 6.61 Å². The van der Waals surface area contributed by atoms with Crippen molar-refractivity contribution >= 4 is 5.91 Å². The Hall–Kier alpha value is -1.39. The Balaban J connectivity index is 1.43. The number of hydroxylamine groups is 1. The number of rotatable bonds is 4. The number of hydrogen-bond acceptors (Lipinski definition) is 3. The van der Waals surface area contributed by atoms with Gasteiger partial charge in [0.1, 0.15) is 0 Å². The lowest BCUT2D eigenvalue weighted by Crippen LogP contribution is -2.33. The van der Waals surface area contributed by atoms with Gasteiger partial charge in [0.05, 0.1) is 6.61 Å². The minimum absolute atomic E-state index is 0.0535. The van der Waals surface area contributed by atoms with Gasteiger partial charge in [0, 0.05) is 5.92 Å². The fourth-order valence-corrected chi connectivity index (χ4v) is 3.03. The van der Waals surface area contributed by atoms with E-state index in [4.69, 9.17) is 4.84 Å². The van der Waals surface area contributed by atoms with E-state index in [9.17, 15) is 4.79 Å². The molecule has 19 heavy (non-hydrogen) atoms. The molecule has 3 rings (SSSR count). The zero-order valence-corrected chi connectivity index (χ0v) is 11.0. The summed E-state index contributed by atoms with van der Waals surface area (Å²) in [6, 6.07) is 9.86. The number of amides is 1. The van der Waals surface area contributed by atoms with E-state index in [2.05, 4.69) is 10.8 Å². The molecule has 102 valence electrons. The van der Waals surface area contributed by atoms with Crippen LogP contribution in [-0.2, 0) is 16.2 Å². The van der Waals surface area contributed by atoms with Crippen molar-refractivity contribution in [1.82, 2.24) is 10.8 Å². The van der Waals surface area contributed by atoms with Crippen LogP contribution in [0.25, 0.3) is 0 Å². The predicted molar refractivity (Wildman–Crippen MR) is 72.0 cm³/mol. The second kappa shape index (κ2) is 5.31. The SMILES string of the molecule is O=C(NOCc1ccccc1)C1CC12CCNCC2. The van der Waals surface area contributed by atoms with Gasteiger partial charge in [0.15, 0.2) is 0 Å². The smallest absolute Gasteiger partial charge is 0.247 e. The van der Waals surface area contributed by atoms with E-state index in [1.165, 1.54) is 0 Å². The van der Waals surface area contributed by atoms with Crippen LogP contribution < -0.4 is 10.8 Å². The Morgan fingerprint density at radius 3 is 2.79 bits per heavy atom. The van der Waals surface area contributed by atoms with Crippen molar-refractivity contribution in [1.29, 1.82) is 0 Å². The number of hydrogen-bond donors (Lipinski definition) is 2. The summed E-state index contributed by atoms with van der Waals surface area (Å²) in [4.78, 5) is 17.3. The quantitative estimate of drug-likeness (QED) is 0.809. The molecule has 1 unspecified atom stereocenters.